The lowest BCUT2D eigenvalue weighted by Gasteiger charge is -2.32. The fourth-order valence-electron chi connectivity index (χ4n) is 2.47. The topological polar surface area (TPSA) is 72.4 Å². The summed E-state index contributed by atoms with van der Waals surface area (Å²) in [5, 5.41) is 3.50. The van der Waals surface area contributed by atoms with Crippen molar-refractivity contribution in [3.8, 4) is 12.0 Å². The Hall–Kier alpha value is -1.63. The maximum Gasteiger partial charge on any atom is 0.324 e. The summed E-state index contributed by atoms with van der Waals surface area (Å²) in [5.41, 5.74) is 0. The highest BCUT2D eigenvalue weighted by atomic mass is 16.5. The number of nitrogens with zero attached hydrogens (tertiary/aromatic N) is 4. The maximum absolute atomic E-state index is 5.10. The van der Waals surface area contributed by atoms with Crippen LogP contribution in [0.15, 0.2) is 0 Å². The lowest BCUT2D eigenvalue weighted by atomic mass is 9.97. The van der Waals surface area contributed by atoms with Gasteiger partial charge in [0.05, 0.1) is 14.2 Å². The van der Waals surface area contributed by atoms with Gasteiger partial charge in [-0.1, -0.05) is 6.92 Å². The third-order valence-corrected chi connectivity index (χ3v) is 3.70. The average molecular weight is 295 g/mol. The van der Waals surface area contributed by atoms with Crippen molar-refractivity contribution < 1.29 is 9.47 Å². The van der Waals surface area contributed by atoms with Crippen LogP contribution < -0.4 is 19.7 Å². The molecule has 0 aromatic carbocycles. The van der Waals surface area contributed by atoms with E-state index in [0.717, 1.165) is 44.9 Å². The minimum Gasteiger partial charge on any atom is -0.467 e. The molecule has 7 nitrogen and oxygen atoms in total. The van der Waals surface area contributed by atoms with E-state index in [4.69, 9.17) is 9.47 Å². The molecule has 0 saturated carbocycles. The molecular weight excluding hydrogens is 270 g/mol. The second kappa shape index (κ2) is 7.97. The van der Waals surface area contributed by atoms with E-state index in [0.29, 0.717) is 18.0 Å². The molecule has 1 saturated heterocycles. The molecule has 0 aliphatic carbocycles. The van der Waals surface area contributed by atoms with Gasteiger partial charge in [-0.05, 0) is 38.3 Å². The van der Waals surface area contributed by atoms with Gasteiger partial charge in [-0.15, -0.1) is 4.98 Å². The van der Waals surface area contributed by atoms with Gasteiger partial charge in [0.2, 0.25) is 5.95 Å². The molecule has 1 aromatic heterocycles. The molecule has 0 atom stereocenters. The summed E-state index contributed by atoms with van der Waals surface area (Å²) >= 11 is 0. The van der Waals surface area contributed by atoms with E-state index in [-0.39, 0.29) is 0 Å². The van der Waals surface area contributed by atoms with Crippen molar-refractivity contribution in [2.45, 2.75) is 26.2 Å². The molecule has 7 heteroatoms. The van der Waals surface area contributed by atoms with Crippen LogP contribution in [-0.4, -0.2) is 55.4 Å². The summed E-state index contributed by atoms with van der Waals surface area (Å²) in [6.45, 7) is 6.30. The SMILES string of the molecule is CCCNCC1CCN(c2nc(OC)nc(OC)n2)CC1. The van der Waals surface area contributed by atoms with Gasteiger partial charge >= 0.3 is 12.0 Å². The van der Waals surface area contributed by atoms with E-state index >= 15 is 0 Å². The molecule has 1 aliphatic rings. The summed E-state index contributed by atoms with van der Waals surface area (Å²) in [6.07, 6.45) is 3.48. The van der Waals surface area contributed by atoms with Crippen LogP contribution in [0.2, 0.25) is 0 Å². The molecule has 1 N–H and O–H groups in total. The average Bonchev–Trinajstić information content (AvgIpc) is 2.55. The molecule has 1 aliphatic heterocycles. The molecule has 2 rings (SSSR count). The number of rotatable bonds is 7. The Labute approximate surface area is 126 Å². The van der Waals surface area contributed by atoms with Gasteiger partial charge in [0.1, 0.15) is 0 Å². The zero-order valence-electron chi connectivity index (χ0n) is 13.1. The minimum absolute atomic E-state index is 0.295. The van der Waals surface area contributed by atoms with Crippen LogP contribution in [0.5, 0.6) is 12.0 Å². The van der Waals surface area contributed by atoms with Crippen molar-refractivity contribution in [3.05, 3.63) is 0 Å². The molecule has 21 heavy (non-hydrogen) atoms. The summed E-state index contributed by atoms with van der Waals surface area (Å²) in [6, 6.07) is 0.590. The predicted octanol–water partition coefficient (Wildman–Crippen LogP) is 1.10. The Kier molecular flexibility index (Phi) is 5.98. The van der Waals surface area contributed by atoms with Crippen molar-refractivity contribution in [3.63, 3.8) is 0 Å². The van der Waals surface area contributed by atoms with E-state index in [1.165, 1.54) is 6.42 Å². The minimum atomic E-state index is 0.295. The first-order chi connectivity index (χ1) is 10.3. The van der Waals surface area contributed by atoms with Crippen LogP contribution in [0.3, 0.4) is 0 Å². The highest BCUT2D eigenvalue weighted by molar-refractivity contribution is 5.32. The number of methoxy groups -OCH3 is 2. The number of ether oxygens (including phenoxy) is 2. The van der Waals surface area contributed by atoms with Crippen LogP contribution in [0.1, 0.15) is 26.2 Å². The van der Waals surface area contributed by atoms with Gasteiger partial charge < -0.3 is 19.7 Å². The van der Waals surface area contributed by atoms with Crippen molar-refractivity contribution in [2.24, 2.45) is 5.92 Å². The second-order valence-corrected chi connectivity index (χ2v) is 5.24. The van der Waals surface area contributed by atoms with Gasteiger partial charge in [0.25, 0.3) is 0 Å². The Bertz CT molecular complexity index is 413. The van der Waals surface area contributed by atoms with Crippen LogP contribution in [0.4, 0.5) is 5.95 Å². The van der Waals surface area contributed by atoms with E-state index in [1.54, 1.807) is 14.2 Å². The highest BCUT2D eigenvalue weighted by Crippen LogP contribution is 2.22. The molecule has 0 spiro atoms. The monoisotopic (exact) mass is 295 g/mol. The fourth-order valence-corrected chi connectivity index (χ4v) is 2.47. The third kappa shape index (κ3) is 4.42. The lowest BCUT2D eigenvalue weighted by molar-refractivity contribution is 0.336. The first-order valence-electron chi connectivity index (χ1n) is 7.56. The van der Waals surface area contributed by atoms with Gasteiger partial charge in [-0.2, -0.15) is 9.97 Å². The van der Waals surface area contributed by atoms with E-state index < -0.39 is 0 Å². The van der Waals surface area contributed by atoms with E-state index in [2.05, 4.69) is 32.1 Å². The number of hydrogen-bond donors (Lipinski definition) is 1. The van der Waals surface area contributed by atoms with Gasteiger partial charge in [0, 0.05) is 13.1 Å². The summed E-state index contributed by atoms with van der Waals surface area (Å²) in [7, 11) is 3.09. The largest absolute Gasteiger partial charge is 0.467 e. The Morgan fingerprint density at radius 1 is 1.10 bits per heavy atom. The molecule has 2 heterocycles. The molecule has 0 amide bonds. The number of aromatic nitrogens is 3. The maximum atomic E-state index is 5.10. The standard InChI is InChI=1S/C14H25N5O2/c1-4-7-15-10-11-5-8-19(9-6-11)12-16-13(20-2)18-14(17-12)21-3/h11,15H,4-10H2,1-3H3. The smallest absolute Gasteiger partial charge is 0.324 e. The Morgan fingerprint density at radius 3 is 2.24 bits per heavy atom. The molecular formula is C14H25N5O2. The van der Waals surface area contributed by atoms with Crippen LogP contribution in [0.25, 0.3) is 0 Å². The summed E-state index contributed by atoms with van der Waals surface area (Å²) in [4.78, 5) is 14.8. The molecule has 1 aromatic rings. The highest BCUT2D eigenvalue weighted by Gasteiger charge is 2.22. The number of anilines is 1. The molecule has 118 valence electrons. The van der Waals surface area contributed by atoms with Gasteiger partial charge in [-0.25, -0.2) is 0 Å². The first-order valence-corrected chi connectivity index (χ1v) is 7.56. The normalized spacial score (nSPS) is 16.0. The molecule has 1 fully saturated rings. The van der Waals surface area contributed by atoms with E-state index in [9.17, 15) is 0 Å². The van der Waals surface area contributed by atoms with Crippen LogP contribution in [0, 0.1) is 5.92 Å². The predicted molar refractivity (Wildman–Crippen MR) is 81.0 cm³/mol. The third-order valence-electron chi connectivity index (χ3n) is 3.70. The summed E-state index contributed by atoms with van der Waals surface area (Å²) in [5.74, 6) is 1.37. The molecule has 0 unspecified atom stereocenters. The van der Waals surface area contributed by atoms with Crippen molar-refractivity contribution >= 4 is 5.95 Å². The van der Waals surface area contributed by atoms with Crippen molar-refractivity contribution in [1.82, 2.24) is 20.3 Å². The van der Waals surface area contributed by atoms with E-state index in [1.807, 2.05) is 0 Å². The van der Waals surface area contributed by atoms with Crippen molar-refractivity contribution in [2.75, 3.05) is 45.3 Å². The molecule has 0 bridgehead atoms. The molecule has 0 radical (unpaired) electrons. The fraction of sp³-hybridized carbons (Fsp3) is 0.786. The quantitative estimate of drug-likeness (QED) is 0.755. The number of hydrogen-bond acceptors (Lipinski definition) is 7. The zero-order chi connectivity index (χ0) is 15.1. The lowest BCUT2D eigenvalue weighted by Crippen LogP contribution is -2.38. The number of nitrogens with one attached hydrogen (secondary N) is 1. The second-order valence-electron chi connectivity index (χ2n) is 5.24. The van der Waals surface area contributed by atoms with Crippen molar-refractivity contribution in [1.29, 1.82) is 0 Å². The Morgan fingerprint density at radius 2 is 1.71 bits per heavy atom. The zero-order valence-corrected chi connectivity index (χ0v) is 13.1. The van der Waals surface area contributed by atoms with Crippen LogP contribution >= 0.6 is 0 Å². The number of piperidine rings is 1. The first kappa shape index (κ1) is 15.8. The summed E-state index contributed by atoms with van der Waals surface area (Å²) < 4.78 is 10.2. The van der Waals surface area contributed by atoms with Crippen LogP contribution in [-0.2, 0) is 0 Å². The Balaban J connectivity index is 1.92. The van der Waals surface area contributed by atoms with Gasteiger partial charge in [0.15, 0.2) is 0 Å². The van der Waals surface area contributed by atoms with Gasteiger partial charge in [-0.3, -0.25) is 0 Å².